The van der Waals surface area contributed by atoms with Gasteiger partial charge in [-0.2, -0.15) is 10.2 Å². The van der Waals surface area contributed by atoms with E-state index in [-0.39, 0.29) is 39.6 Å². The molecule has 1 amide bonds. The van der Waals surface area contributed by atoms with Gasteiger partial charge in [-0.25, -0.2) is 29.5 Å². The Kier molecular flexibility index (Phi) is 15.4. The zero-order chi connectivity index (χ0) is 50.3. The predicted molar refractivity (Wildman–Crippen MR) is 255 cm³/mol. The number of H-pyrrole nitrogens is 1. The number of amides is 1. The number of imidazole rings is 2. The van der Waals surface area contributed by atoms with Crippen LogP contribution in [0.25, 0.3) is 22.3 Å². The van der Waals surface area contributed by atoms with Crippen molar-refractivity contribution >= 4 is 66.5 Å². The minimum Gasteiger partial charge on any atom is -0.407 e. The largest absolute Gasteiger partial charge is 0.516 e. The van der Waals surface area contributed by atoms with Crippen molar-refractivity contribution in [3.8, 4) is 6.07 Å². The van der Waals surface area contributed by atoms with Crippen LogP contribution < -0.4 is 10.9 Å². The highest BCUT2D eigenvalue weighted by molar-refractivity contribution is 7.48. The van der Waals surface area contributed by atoms with Crippen molar-refractivity contribution in [3.05, 3.63) is 71.6 Å². The van der Waals surface area contributed by atoms with E-state index in [0.717, 1.165) is 0 Å². The van der Waals surface area contributed by atoms with E-state index in [1.54, 1.807) is 30.3 Å². The number of nitriles is 1. The third kappa shape index (κ3) is 10.9. The minimum absolute atomic E-state index is 0.0182. The first kappa shape index (κ1) is 52.3. The molecule has 7 rings (SSSR count). The molecule has 0 aliphatic carbocycles. The van der Waals surface area contributed by atoms with Gasteiger partial charge in [-0.3, -0.25) is 32.3 Å². The number of anilines is 1. The standard InChI is InChI=1S/C42H58N10O13P2Si2/c1-41(2,3)68(7,8)64-31-27(62-40(33(31)66(56)57)52-23-48-28-34(44-21-45-35(28)52)50-37(54)25-15-12-11-13-16-25)20-60-67(58,59-18-14-17-43)63-30-26(19-53)61-39(32(30)65-69(9,10)42(4,5)6)51-24-49-29-36(51)46-22-47-38(29)55/h11-13,15-16,21-24,26-27,30-33,39-40,53H,14,18-20H2,1-10H3,(H2-,44,45,46,47,50,54,55,56,57)/p+1/t26?,27?,30-,31-,32-,33-,39?,40?,67?/m1/s1. The highest BCUT2D eigenvalue weighted by atomic mass is 31.2. The lowest BCUT2D eigenvalue weighted by molar-refractivity contribution is -0.0569. The number of carbonyl (C=O) groups is 1. The second-order valence-corrected chi connectivity index (χ2v) is 32.1. The van der Waals surface area contributed by atoms with Crippen molar-refractivity contribution in [2.75, 3.05) is 25.1 Å². The van der Waals surface area contributed by atoms with Gasteiger partial charge in [0.1, 0.15) is 36.8 Å². The molecule has 2 aliphatic heterocycles. The quantitative estimate of drug-likeness (QED) is 0.0424. The molecule has 372 valence electrons. The van der Waals surface area contributed by atoms with Gasteiger partial charge in [0.15, 0.2) is 57.2 Å². The van der Waals surface area contributed by atoms with Crippen molar-refractivity contribution in [2.45, 2.75) is 133 Å². The molecule has 2 fully saturated rings. The first-order chi connectivity index (χ1) is 32.4. The highest BCUT2D eigenvalue weighted by Gasteiger charge is 2.61. The average molecular weight is 1030 g/mol. The summed E-state index contributed by atoms with van der Waals surface area (Å²) < 4.78 is 77.0. The number of phosphoric acid groups is 1. The fourth-order valence-electron chi connectivity index (χ4n) is 7.39. The number of hydrogen-bond donors (Lipinski definition) is 4. The number of aliphatic hydroxyl groups excluding tert-OH is 1. The van der Waals surface area contributed by atoms with Crippen LogP contribution in [0.4, 0.5) is 5.82 Å². The summed E-state index contributed by atoms with van der Waals surface area (Å²) in [5.41, 5.74) is -0.917. The smallest absolute Gasteiger partial charge is 0.407 e. The van der Waals surface area contributed by atoms with Crippen molar-refractivity contribution < 1.29 is 55.8 Å². The molecular formula is C42H59N10O13P2Si2+. The van der Waals surface area contributed by atoms with Gasteiger partial charge in [0, 0.05) is 5.56 Å². The SMILES string of the molecule is CC(C)(C)[Si](C)(C)O[C@@H]1C(COP(=O)(OCCC#N)O[C@@H]2C(CO)OC(n3cnc4c(=O)[nH]cnc43)[C@@H]2O[Si](C)(C)C(C)(C)C)OC(n2cnc3c(NC(=O)c4ccccc4)ncnc32)[C@@H]1[P+](=O)O. The number of rotatable bonds is 18. The number of aliphatic hydroxyl groups is 1. The summed E-state index contributed by atoms with van der Waals surface area (Å²) in [6, 6.07) is 10.4. The van der Waals surface area contributed by atoms with E-state index in [1.807, 2.05) is 73.8 Å². The Morgan fingerprint density at radius 2 is 1.49 bits per heavy atom. The number of phosphoric ester groups is 1. The molecule has 6 heterocycles. The number of aromatic nitrogens is 8. The Balaban J connectivity index is 1.25. The van der Waals surface area contributed by atoms with E-state index in [2.05, 4.69) is 35.2 Å². The van der Waals surface area contributed by atoms with Crippen LogP contribution >= 0.6 is 15.9 Å². The molecule has 2 aliphatic rings. The number of nitrogens with one attached hydrogen (secondary N) is 2. The molecule has 0 bridgehead atoms. The van der Waals surface area contributed by atoms with Crippen LogP contribution in [0.15, 0.2) is 60.4 Å². The van der Waals surface area contributed by atoms with Crippen LogP contribution in [-0.2, 0) is 41.0 Å². The van der Waals surface area contributed by atoms with E-state index in [1.165, 1.54) is 34.4 Å². The third-order valence-electron chi connectivity index (χ3n) is 13.2. The Bertz CT molecular complexity index is 2810. The second-order valence-electron chi connectivity index (χ2n) is 19.8. The monoisotopic (exact) mass is 1030 g/mol. The molecule has 0 radical (unpaired) electrons. The van der Waals surface area contributed by atoms with Gasteiger partial charge in [0.2, 0.25) is 0 Å². The maximum absolute atomic E-state index is 15.2. The Labute approximate surface area is 401 Å². The number of aromatic amines is 1. The second kappa shape index (κ2) is 20.3. The normalized spacial score (nSPS) is 24.7. The minimum atomic E-state index is -4.86. The van der Waals surface area contributed by atoms with E-state index >= 15 is 4.57 Å². The van der Waals surface area contributed by atoms with Gasteiger partial charge in [-0.05, 0) is 53.0 Å². The summed E-state index contributed by atoms with van der Waals surface area (Å²) in [5, 5.41) is 22.3. The number of fused-ring (bicyclic) bond motifs is 2. The zero-order valence-electron chi connectivity index (χ0n) is 40.0. The van der Waals surface area contributed by atoms with Gasteiger partial charge in [-0.1, -0.05) is 59.7 Å². The molecule has 4 N–H and O–H groups in total. The molecule has 23 nitrogen and oxygen atoms in total. The summed E-state index contributed by atoms with van der Waals surface area (Å²) in [4.78, 5) is 61.2. The number of hydrogen-bond acceptors (Lipinski definition) is 18. The fraction of sp³-hybridized carbons (Fsp3) is 0.571. The predicted octanol–water partition coefficient (Wildman–Crippen LogP) is 6.32. The van der Waals surface area contributed by atoms with E-state index < -0.39 is 117 Å². The Hall–Kier alpha value is -4.52. The molecular weight excluding hydrogens is 971 g/mol. The third-order valence-corrected chi connectivity index (χ3v) is 24.6. The summed E-state index contributed by atoms with van der Waals surface area (Å²) in [6.45, 7) is 18.3. The number of benzene rings is 1. The maximum atomic E-state index is 15.2. The van der Waals surface area contributed by atoms with Crippen LogP contribution in [0.5, 0.6) is 0 Å². The lowest BCUT2D eigenvalue weighted by Crippen LogP contribution is -2.49. The maximum Gasteiger partial charge on any atom is 0.516 e. The Morgan fingerprint density at radius 1 is 0.884 bits per heavy atom. The lowest BCUT2D eigenvalue weighted by atomic mass is 10.1. The van der Waals surface area contributed by atoms with Crippen molar-refractivity contribution in [2.24, 2.45) is 0 Å². The molecule has 69 heavy (non-hydrogen) atoms. The van der Waals surface area contributed by atoms with Crippen molar-refractivity contribution in [1.29, 1.82) is 5.26 Å². The molecule has 6 unspecified atom stereocenters. The zero-order valence-corrected chi connectivity index (χ0v) is 43.8. The fourth-order valence-corrected chi connectivity index (χ4v) is 12.5. The van der Waals surface area contributed by atoms with E-state index in [9.17, 15) is 29.4 Å². The van der Waals surface area contributed by atoms with Crippen LogP contribution in [-0.4, -0.2) is 128 Å². The van der Waals surface area contributed by atoms with E-state index in [4.69, 9.17) is 31.9 Å². The molecule has 27 heteroatoms. The van der Waals surface area contributed by atoms with Crippen LogP contribution in [0.1, 0.15) is 70.8 Å². The topological polar surface area (TPSA) is 299 Å². The van der Waals surface area contributed by atoms with Gasteiger partial charge in [0.05, 0.1) is 51.3 Å². The molecule has 1 aromatic carbocycles. The molecule has 4 aromatic heterocycles. The first-order valence-electron chi connectivity index (χ1n) is 22.2. The van der Waals surface area contributed by atoms with Gasteiger partial charge < -0.3 is 33.7 Å². The molecule has 5 aromatic rings. The molecule has 2 saturated heterocycles. The summed E-state index contributed by atoms with van der Waals surface area (Å²) in [5.74, 6) is -0.368. The summed E-state index contributed by atoms with van der Waals surface area (Å²) in [7, 11) is -13.6. The molecule has 0 saturated carbocycles. The van der Waals surface area contributed by atoms with Crippen LogP contribution in [0.2, 0.25) is 36.3 Å². The van der Waals surface area contributed by atoms with Crippen molar-refractivity contribution in [1.82, 2.24) is 39.0 Å². The van der Waals surface area contributed by atoms with Crippen LogP contribution in [0, 0.1) is 11.3 Å². The lowest BCUT2D eigenvalue weighted by Gasteiger charge is -2.41. The van der Waals surface area contributed by atoms with Crippen LogP contribution in [0.3, 0.4) is 0 Å². The number of carbonyl (C=O) groups excluding carboxylic acids is 1. The molecule has 10 atom stereocenters. The Morgan fingerprint density at radius 3 is 2.12 bits per heavy atom. The van der Waals surface area contributed by atoms with Gasteiger partial charge in [-0.15, -0.1) is 0 Å². The highest BCUT2D eigenvalue weighted by Crippen LogP contribution is 2.56. The number of ether oxygens (including phenoxy) is 2. The van der Waals surface area contributed by atoms with Crippen molar-refractivity contribution in [3.63, 3.8) is 0 Å². The molecule has 0 spiro atoms. The average Bonchev–Trinajstić information content (AvgIpc) is 4.06. The first-order valence-corrected chi connectivity index (χ1v) is 30.8. The summed E-state index contributed by atoms with van der Waals surface area (Å²) >= 11 is 0. The van der Waals surface area contributed by atoms with E-state index in [0.29, 0.717) is 5.56 Å². The van der Waals surface area contributed by atoms with Gasteiger partial charge in [0.25, 0.3) is 17.1 Å². The summed E-state index contributed by atoms with van der Waals surface area (Å²) in [6.07, 6.45) is -3.62. The van der Waals surface area contributed by atoms with Gasteiger partial charge >= 0.3 is 15.9 Å². The number of nitrogens with zero attached hydrogens (tertiary/aromatic N) is 8.